The second-order valence-electron chi connectivity index (χ2n) is 5.14. The van der Waals surface area contributed by atoms with Gasteiger partial charge in [-0.1, -0.05) is 0 Å². The van der Waals surface area contributed by atoms with E-state index in [1.165, 1.54) is 12.5 Å². The number of hydrogen-bond acceptors (Lipinski definition) is 5. The van der Waals surface area contributed by atoms with Crippen molar-refractivity contribution in [3.63, 3.8) is 0 Å². The molecule has 140 valence electrons. The number of alkyl halides is 3. The zero-order chi connectivity index (χ0) is 19.2. The molecule has 2 aromatic rings. The molecule has 0 saturated carbocycles. The maximum Gasteiger partial charge on any atom is 0.573 e. The number of carbonyl (C=O) groups excluding carboxylic acids is 2. The van der Waals surface area contributed by atoms with E-state index < -0.39 is 30.0 Å². The first kappa shape index (κ1) is 19.3. The van der Waals surface area contributed by atoms with Crippen LogP contribution in [-0.4, -0.2) is 29.8 Å². The zero-order valence-electron chi connectivity index (χ0n) is 13.2. The number of rotatable bonds is 6. The highest BCUT2D eigenvalue weighted by atomic mass is 19.4. The van der Waals surface area contributed by atoms with Gasteiger partial charge in [-0.15, -0.1) is 13.2 Å². The Balaban J connectivity index is 1.77. The van der Waals surface area contributed by atoms with Gasteiger partial charge in [0.1, 0.15) is 5.75 Å². The summed E-state index contributed by atoms with van der Waals surface area (Å²) in [6, 6.07) is 5.90. The van der Waals surface area contributed by atoms with Gasteiger partial charge in [0.25, 0.3) is 0 Å². The van der Waals surface area contributed by atoms with Gasteiger partial charge >= 0.3 is 18.2 Å². The number of furan rings is 1. The monoisotopic (exact) mass is 372 g/mol. The number of ether oxygens (including phenoxy) is 1. The maximum atomic E-state index is 12.1. The summed E-state index contributed by atoms with van der Waals surface area (Å²) >= 11 is 0. The summed E-state index contributed by atoms with van der Waals surface area (Å²) in [6.07, 6.45) is -2.73. The van der Waals surface area contributed by atoms with Crippen molar-refractivity contribution in [3.8, 4) is 5.75 Å². The molecule has 0 aliphatic rings. The first-order valence-electron chi connectivity index (χ1n) is 7.40. The molecule has 1 aromatic heterocycles. The maximum absolute atomic E-state index is 12.1. The van der Waals surface area contributed by atoms with Crippen LogP contribution >= 0.6 is 0 Å². The standard InChI is InChI=1S/C16H15F3N2O5/c17-16(18,19)26-12-3-1-11(2-4-12)21-15(24)14(23)20-7-5-13(22)10-6-8-25-9-10/h1-4,6,8-9,13,22H,5,7H2,(H,20,23)(H,21,24). The van der Waals surface area contributed by atoms with Crippen LogP contribution in [0.2, 0.25) is 0 Å². The minimum Gasteiger partial charge on any atom is -0.472 e. The second kappa shape index (κ2) is 8.39. The highest BCUT2D eigenvalue weighted by Crippen LogP contribution is 2.23. The van der Waals surface area contributed by atoms with Crippen molar-refractivity contribution in [1.29, 1.82) is 0 Å². The van der Waals surface area contributed by atoms with Crippen LogP contribution in [0.3, 0.4) is 0 Å². The van der Waals surface area contributed by atoms with Crippen molar-refractivity contribution >= 4 is 17.5 Å². The molecular weight excluding hydrogens is 357 g/mol. The Labute approximate surface area is 145 Å². The summed E-state index contributed by atoms with van der Waals surface area (Å²) in [7, 11) is 0. The van der Waals surface area contributed by atoms with E-state index >= 15 is 0 Å². The number of anilines is 1. The predicted octanol–water partition coefficient (Wildman–Crippen LogP) is 2.36. The number of aliphatic hydroxyl groups is 1. The summed E-state index contributed by atoms with van der Waals surface area (Å²) in [6.45, 7) is 0.0387. The molecule has 1 aromatic carbocycles. The van der Waals surface area contributed by atoms with Crippen LogP contribution in [0.1, 0.15) is 18.1 Å². The number of halogens is 3. The van der Waals surface area contributed by atoms with Gasteiger partial charge in [-0.25, -0.2) is 0 Å². The highest BCUT2D eigenvalue weighted by Gasteiger charge is 2.31. The van der Waals surface area contributed by atoms with Gasteiger partial charge < -0.3 is 24.9 Å². The summed E-state index contributed by atoms with van der Waals surface area (Å²) in [5, 5.41) is 14.4. The van der Waals surface area contributed by atoms with Gasteiger partial charge in [0.05, 0.1) is 18.6 Å². The molecule has 1 atom stereocenters. The van der Waals surface area contributed by atoms with Gasteiger partial charge in [-0.2, -0.15) is 0 Å². The fraction of sp³-hybridized carbons (Fsp3) is 0.250. The molecular formula is C16H15F3N2O5. The molecule has 2 amide bonds. The molecule has 2 rings (SSSR count). The molecule has 7 nitrogen and oxygen atoms in total. The fourth-order valence-electron chi connectivity index (χ4n) is 1.96. The lowest BCUT2D eigenvalue weighted by Gasteiger charge is -2.11. The first-order chi connectivity index (χ1) is 12.2. The minimum atomic E-state index is -4.81. The Morgan fingerprint density at radius 1 is 1.15 bits per heavy atom. The fourth-order valence-corrected chi connectivity index (χ4v) is 1.96. The van der Waals surface area contributed by atoms with Crippen molar-refractivity contribution in [1.82, 2.24) is 5.32 Å². The van der Waals surface area contributed by atoms with Crippen molar-refractivity contribution < 1.29 is 37.0 Å². The third kappa shape index (κ3) is 6.13. The van der Waals surface area contributed by atoms with Crippen molar-refractivity contribution in [2.45, 2.75) is 18.9 Å². The van der Waals surface area contributed by atoms with Gasteiger partial charge in [0.2, 0.25) is 0 Å². The van der Waals surface area contributed by atoms with Crippen LogP contribution in [0.5, 0.6) is 5.75 Å². The molecule has 0 bridgehead atoms. The Morgan fingerprint density at radius 3 is 2.42 bits per heavy atom. The Hall–Kier alpha value is -3.01. The summed E-state index contributed by atoms with van der Waals surface area (Å²) in [4.78, 5) is 23.4. The van der Waals surface area contributed by atoms with E-state index in [1.807, 2.05) is 0 Å². The Kier molecular flexibility index (Phi) is 6.23. The molecule has 0 saturated heterocycles. The normalized spacial score (nSPS) is 12.3. The molecule has 3 N–H and O–H groups in total. The zero-order valence-corrected chi connectivity index (χ0v) is 13.2. The molecule has 0 fully saturated rings. The quantitative estimate of drug-likeness (QED) is 0.676. The molecule has 1 unspecified atom stereocenters. The number of hydrogen-bond donors (Lipinski definition) is 3. The predicted molar refractivity (Wildman–Crippen MR) is 83.0 cm³/mol. The smallest absolute Gasteiger partial charge is 0.472 e. The highest BCUT2D eigenvalue weighted by molar-refractivity contribution is 6.39. The minimum absolute atomic E-state index is 0.0387. The van der Waals surface area contributed by atoms with E-state index in [0.29, 0.717) is 5.56 Å². The summed E-state index contributed by atoms with van der Waals surface area (Å²) in [5.74, 6) is -2.39. The van der Waals surface area contributed by atoms with Crippen LogP contribution in [0.15, 0.2) is 47.3 Å². The molecule has 0 aliphatic carbocycles. The average Bonchev–Trinajstić information content (AvgIpc) is 3.09. The lowest BCUT2D eigenvalue weighted by Crippen LogP contribution is -2.36. The third-order valence-corrected chi connectivity index (χ3v) is 3.18. The Bertz CT molecular complexity index is 729. The summed E-state index contributed by atoms with van der Waals surface area (Å²) in [5.41, 5.74) is 0.669. The average molecular weight is 372 g/mol. The third-order valence-electron chi connectivity index (χ3n) is 3.18. The lowest BCUT2D eigenvalue weighted by atomic mass is 10.1. The van der Waals surface area contributed by atoms with Crippen molar-refractivity contribution in [2.75, 3.05) is 11.9 Å². The molecule has 10 heteroatoms. The van der Waals surface area contributed by atoms with Crippen molar-refractivity contribution in [3.05, 3.63) is 48.4 Å². The van der Waals surface area contributed by atoms with Gasteiger partial charge in [0.15, 0.2) is 0 Å². The molecule has 26 heavy (non-hydrogen) atoms. The number of amides is 2. The number of benzene rings is 1. The lowest BCUT2D eigenvalue weighted by molar-refractivity contribution is -0.274. The van der Waals surface area contributed by atoms with E-state index in [4.69, 9.17) is 4.42 Å². The van der Waals surface area contributed by atoms with Crippen LogP contribution in [0, 0.1) is 0 Å². The van der Waals surface area contributed by atoms with Gasteiger partial charge in [-0.3, -0.25) is 9.59 Å². The van der Waals surface area contributed by atoms with E-state index in [1.54, 1.807) is 6.07 Å². The van der Waals surface area contributed by atoms with Crippen LogP contribution < -0.4 is 15.4 Å². The van der Waals surface area contributed by atoms with E-state index in [0.717, 1.165) is 24.3 Å². The van der Waals surface area contributed by atoms with Gasteiger partial charge in [-0.05, 0) is 36.8 Å². The van der Waals surface area contributed by atoms with E-state index in [9.17, 15) is 27.9 Å². The number of aliphatic hydroxyl groups excluding tert-OH is 1. The molecule has 0 spiro atoms. The largest absolute Gasteiger partial charge is 0.573 e. The van der Waals surface area contributed by atoms with Crippen LogP contribution in [-0.2, 0) is 9.59 Å². The summed E-state index contributed by atoms with van der Waals surface area (Å²) < 4.78 is 44.7. The Morgan fingerprint density at radius 2 is 1.85 bits per heavy atom. The molecule has 1 heterocycles. The number of carbonyl (C=O) groups is 2. The second-order valence-corrected chi connectivity index (χ2v) is 5.14. The van der Waals surface area contributed by atoms with Gasteiger partial charge in [0, 0.05) is 17.8 Å². The van der Waals surface area contributed by atoms with E-state index in [-0.39, 0.29) is 18.7 Å². The number of nitrogens with one attached hydrogen (secondary N) is 2. The van der Waals surface area contributed by atoms with Crippen LogP contribution in [0.25, 0.3) is 0 Å². The first-order valence-corrected chi connectivity index (χ1v) is 7.40. The molecule has 0 radical (unpaired) electrons. The van der Waals surface area contributed by atoms with E-state index in [2.05, 4.69) is 15.4 Å². The van der Waals surface area contributed by atoms with Crippen LogP contribution in [0.4, 0.5) is 18.9 Å². The molecule has 0 aliphatic heterocycles. The SMILES string of the molecule is O=C(NCCC(O)c1ccoc1)C(=O)Nc1ccc(OC(F)(F)F)cc1. The van der Waals surface area contributed by atoms with Crippen molar-refractivity contribution in [2.24, 2.45) is 0 Å². The topological polar surface area (TPSA) is 101 Å².